The van der Waals surface area contributed by atoms with Crippen LogP contribution in [0.2, 0.25) is 0 Å². The van der Waals surface area contributed by atoms with Crippen molar-refractivity contribution in [3.8, 4) is 17.2 Å². The van der Waals surface area contributed by atoms with Crippen molar-refractivity contribution >= 4 is 11.5 Å². The molecule has 0 heterocycles. The SMILES string of the molecule is CN(C)/C=C/C(=O)c1cc(Oc2ccc([N+](=O)[O-])cc2F)ccc1OCc1ccccc1. The van der Waals surface area contributed by atoms with Gasteiger partial charge < -0.3 is 14.4 Å². The number of nitro benzene ring substituents is 1. The number of non-ortho nitro benzene ring substituents is 1. The fourth-order valence-electron chi connectivity index (χ4n) is 2.75. The molecule has 3 aromatic rings. The Bertz CT molecular complexity index is 1150. The van der Waals surface area contributed by atoms with E-state index in [0.29, 0.717) is 5.75 Å². The molecule has 0 unspecified atom stereocenters. The van der Waals surface area contributed by atoms with E-state index in [9.17, 15) is 19.3 Å². The van der Waals surface area contributed by atoms with Crippen molar-refractivity contribution in [2.75, 3.05) is 14.1 Å². The van der Waals surface area contributed by atoms with Crippen LogP contribution in [0.5, 0.6) is 17.2 Å². The van der Waals surface area contributed by atoms with Crippen LogP contribution in [0.25, 0.3) is 0 Å². The van der Waals surface area contributed by atoms with E-state index in [1.54, 1.807) is 31.3 Å². The van der Waals surface area contributed by atoms with Gasteiger partial charge >= 0.3 is 0 Å². The Morgan fingerprint density at radius 1 is 1.06 bits per heavy atom. The maximum atomic E-state index is 14.2. The van der Waals surface area contributed by atoms with E-state index in [0.717, 1.165) is 17.7 Å². The Labute approximate surface area is 184 Å². The van der Waals surface area contributed by atoms with Gasteiger partial charge in [-0.2, -0.15) is 0 Å². The van der Waals surface area contributed by atoms with Crippen LogP contribution in [-0.2, 0) is 6.61 Å². The number of ether oxygens (including phenoxy) is 2. The quantitative estimate of drug-likeness (QED) is 0.194. The number of hydrogen-bond donors (Lipinski definition) is 0. The van der Waals surface area contributed by atoms with Gasteiger partial charge in [0.2, 0.25) is 0 Å². The Hall–Kier alpha value is -4.20. The minimum atomic E-state index is -0.885. The molecule has 7 nitrogen and oxygen atoms in total. The average Bonchev–Trinajstić information content (AvgIpc) is 2.78. The molecule has 32 heavy (non-hydrogen) atoms. The third-order valence-corrected chi connectivity index (χ3v) is 4.33. The number of ketones is 1. The summed E-state index contributed by atoms with van der Waals surface area (Å²) in [6, 6.07) is 17.1. The van der Waals surface area contributed by atoms with E-state index in [1.807, 2.05) is 30.3 Å². The van der Waals surface area contributed by atoms with Gasteiger partial charge in [-0.1, -0.05) is 30.3 Å². The molecule has 8 heteroatoms. The number of hydrogen-bond acceptors (Lipinski definition) is 6. The Balaban J connectivity index is 1.88. The summed E-state index contributed by atoms with van der Waals surface area (Å²) in [5.74, 6) is -0.874. The van der Waals surface area contributed by atoms with Gasteiger partial charge in [0.15, 0.2) is 17.3 Å². The third-order valence-electron chi connectivity index (χ3n) is 4.33. The van der Waals surface area contributed by atoms with Gasteiger partial charge in [-0.25, -0.2) is 4.39 Å². The highest BCUT2D eigenvalue weighted by Crippen LogP contribution is 2.31. The highest BCUT2D eigenvalue weighted by atomic mass is 19.1. The zero-order valence-corrected chi connectivity index (χ0v) is 17.5. The number of nitrogens with zero attached hydrogens (tertiary/aromatic N) is 2. The zero-order chi connectivity index (χ0) is 23.1. The second-order valence-corrected chi connectivity index (χ2v) is 7.05. The van der Waals surface area contributed by atoms with Gasteiger partial charge in [0.25, 0.3) is 5.69 Å². The van der Waals surface area contributed by atoms with Crippen LogP contribution in [0.15, 0.2) is 79.0 Å². The van der Waals surface area contributed by atoms with Crippen molar-refractivity contribution < 1.29 is 23.6 Å². The van der Waals surface area contributed by atoms with E-state index in [4.69, 9.17) is 9.47 Å². The fourth-order valence-corrected chi connectivity index (χ4v) is 2.75. The Kier molecular flexibility index (Phi) is 7.17. The Morgan fingerprint density at radius 2 is 1.78 bits per heavy atom. The van der Waals surface area contributed by atoms with Crippen LogP contribution in [0, 0.1) is 15.9 Å². The normalized spacial score (nSPS) is 10.7. The van der Waals surface area contributed by atoms with Crippen LogP contribution in [0.3, 0.4) is 0 Å². The number of benzene rings is 3. The summed E-state index contributed by atoms with van der Waals surface area (Å²) in [4.78, 5) is 24.6. The average molecular weight is 436 g/mol. The number of carbonyl (C=O) groups excluding carboxylic acids is 1. The first kappa shape index (κ1) is 22.5. The molecule has 3 aromatic carbocycles. The number of allylic oxidation sites excluding steroid dienone is 1. The summed E-state index contributed by atoms with van der Waals surface area (Å²) in [7, 11) is 3.57. The van der Waals surface area contributed by atoms with Crippen molar-refractivity contribution in [2.24, 2.45) is 0 Å². The minimum Gasteiger partial charge on any atom is -0.488 e. The smallest absolute Gasteiger partial charge is 0.272 e. The van der Waals surface area contributed by atoms with E-state index in [-0.39, 0.29) is 35.1 Å². The number of rotatable bonds is 9. The predicted molar refractivity (Wildman–Crippen MR) is 118 cm³/mol. The summed E-state index contributed by atoms with van der Waals surface area (Å²) >= 11 is 0. The van der Waals surface area contributed by atoms with Gasteiger partial charge in [-0.05, 0) is 29.8 Å². The lowest BCUT2D eigenvalue weighted by molar-refractivity contribution is -0.385. The second kappa shape index (κ2) is 10.2. The van der Waals surface area contributed by atoms with Gasteiger partial charge in [-0.15, -0.1) is 0 Å². The molecule has 0 bridgehead atoms. The molecule has 3 rings (SSSR count). The topological polar surface area (TPSA) is 81.9 Å². The largest absolute Gasteiger partial charge is 0.488 e. The lowest BCUT2D eigenvalue weighted by Crippen LogP contribution is -2.06. The molecule has 0 amide bonds. The van der Waals surface area contributed by atoms with Crippen LogP contribution < -0.4 is 9.47 Å². The van der Waals surface area contributed by atoms with Crippen LogP contribution >= 0.6 is 0 Å². The van der Waals surface area contributed by atoms with Crippen LogP contribution in [0.4, 0.5) is 10.1 Å². The Morgan fingerprint density at radius 3 is 2.44 bits per heavy atom. The van der Waals surface area contributed by atoms with Gasteiger partial charge in [0.1, 0.15) is 18.1 Å². The zero-order valence-electron chi connectivity index (χ0n) is 17.5. The van der Waals surface area contributed by atoms with Gasteiger partial charge in [0, 0.05) is 32.4 Å². The molecule has 0 saturated carbocycles. The monoisotopic (exact) mass is 436 g/mol. The number of carbonyl (C=O) groups is 1. The second-order valence-electron chi connectivity index (χ2n) is 7.05. The minimum absolute atomic E-state index is 0.186. The highest BCUT2D eigenvalue weighted by molar-refractivity contribution is 6.06. The fraction of sp³-hybridized carbons (Fsp3) is 0.125. The first-order valence-corrected chi connectivity index (χ1v) is 9.65. The first-order valence-electron chi connectivity index (χ1n) is 9.65. The van der Waals surface area contributed by atoms with E-state index in [1.165, 1.54) is 24.3 Å². The molecule has 0 saturated heterocycles. The summed E-state index contributed by atoms with van der Waals surface area (Å²) in [6.45, 7) is 0.260. The molecule has 0 radical (unpaired) electrons. The lowest BCUT2D eigenvalue weighted by Gasteiger charge is -2.13. The maximum absolute atomic E-state index is 14.2. The van der Waals surface area contributed by atoms with Crippen molar-refractivity contribution in [3.05, 3.63) is 106 Å². The van der Waals surface area contributed by atoms with Crippen molar-refractivity contribution in [1.29, 1.82) is 0 Å². The molecule has 0 atom stereocenters. The molecule has 0 aliphatic heterocycles. The maximum Gasteiger partial charge on any atom is 0.272 e. The van der Waals surface area contributed by atoms with E-state index >= 15 is 0 Å². The molecular formula is C24H21FN2O5. The van der Waals surface area contributed by atoms with Gasteiger partial charge in [0.05, 0.1) is 16.6 Å². The van der Waals surface area contributed by atoms with Crippen LogP contribution in [0.1, 0.15) is 15.9 Å². The first-order chi connectivity index (χ1) is 15.3. The molecular weight excluding hydrogens is 415 g/mol. The molecule has 0 spiro atoms. The summed E-state index contributed by atoms with van der Waals surface area (Å²) in [5, 5.41) is 10.8. The molecule has 0 fully saturated rings. The molecule has 0 aromatic heterocycles. The van der Waals surface area contributed by atoms with Crippen molar-refractivity contribution in [3.63, 3.8) is 0 Å². The van der Waals surface area contributed by atoms with E-state index in [2.05, 4.69) is 0 Å². The summed E-state index contributed by atoms with van der Waals surface area (Å²) < 4.78 is 25.6. The van der Waals surface area contributed by atoms with Gasteiger partial charge in [-0.3, -0.25) is 14.9 Å². The molecule has 0 N–H and O–H groups in total. The molecule has 0 aliphatic rings. The number of nitro groups is 1. The summed E-state index contributed by atoms with van der Waals surface area (Å²) in [6.07, 6.45) is 2.99. The van der Waals surface area contributed by atoms with E-state index < -0.39 is 10.7 Å². The number of halogens is 1. The van der Waals surface area contributed by atoms with Crippen molar-refractivity contribution in [1.82, 2.24) is 4.90 Å². The standard InChI is InChI=1S/C24H21FN2O5/c1-26(2)13-12-22(28)20-15-19(32-24-10-8-18(27(29)30)14-21(24)25)9-11-23(20)31-16-17-6-4-3-5-7-17/h3-15H,16H2,1-2H3/b13-12+. The predicted octanol–water partition coefficient (Wildman–Crippen LogP) is 5.36. The highest BCUT2D eigenvalue weighted by Gasteiger charge is 2.16. The molecule has 164 valence electrons. The third kappa shape index (κ3) is 5.91. The molecule has 0 aliphatic carbocycles. The van der Waals surface area contributed by atoms with Crippen LogP contribution in [-0.4, -0.2) is 29.7 Å². The summed E-state index contributed by atoms with van der Waals surface area (Å²) in [5.41, 5.74) is 0.783. The lowest BCUT2D eigenvalue weighted by atomic mass is 10.1. The van der Waals surface area contributed by atoms with Crippen molar-refractivity contribution in [2.45, 2.75) is 6.61 Å².